The number of rotatable bonds is 2. The minimum atomic E-state index is 0.559. The van der Waals surface area contributed by atoms with Gasteiger partial charge in [0.25, 0.3) is 0 Å². The molecule has 1 aliphatic carbocycles. The standard InChI is InChI=1S/C10H15N3/c1-2-9-8-11-12-13(9)10-6-4-3-5-7-10/h2,8,10H,1,3-7H2. The maximum Gasteiger partial charge on any atom is 0.0810 e. The molecular formula is C10H15N3. The number of aromatic nitrogens is 3. The monoisotopic (exact) mass is 177 g/mol. The van der Waals surface area contributed by atoms with E-state index >= 15 is 0 Å². The summed E-state index contributed by atoms with van der Waals surface area (Å²) < 4.78 is 2.02. The lowest BCUT2D eigenvalue weighted by molar-refractivity contribution is 0.323. The Hall–Kier alpha value is -1.12. The predicted octanol–water partition coefficient (Wildman–Crippen LogP) is 2.43. The van der Waals surface area contributed by atoms with E-state index in [0.717, 1.165) is 5.69 Å². The molecule has 1 saturated carbocycles. The lowest BCUT2D eigenvalue weighted by atomic mass is 9.95. The molecule has 0 aromatic carbocycles. The van der Waals surface area contributed by atoms with Crippen molar-refractivity contribution in [3.63, 3.8) is 0 Å². The molecule has 1 aromatic heterocycles. The minimum Gasteiger partial charge on any atom is -0.242 e. The minimum absolute atomic E-state index is 0.559. The molecule has 0 amide bonds. The fraction of sp³-hybridized carbons (Fsp3) is 0.600. The lowest BCUT2D eigenvalue weighted by Gasteiger charge is -2.22. The van der Waals surface area contributed by atoms with Crippen LogP contribution in [0.5, 0.6) is 0 Å². The molecule has 0 saturated heterocycles. The van der Waals surface area contributed by atoms with Crippen molar-refractivity contribution in [3.8, 4) is 0 Å². The van der Waals surface area contributed by atoms with Gasteiger partial charge in [-0.3, -0.25) is 0 Å². The van der Waals surface area contributed by atoms with Gasteiger partial charge in [-0.2, -0.15) is 0 Å². The van der Waals surface area contributed by atoms with Gasteiger partial charge in [-0.15, -0.1) is 5.10 Å². The molecule has 0 unspecified atom stereocenters. The van der Waals surface area contributed by atoms with Crippen LogP contribution in [0.4, 0.5) is 0 Å². The molecule has 3 heteroatoms. The first-order valence-electron chi connectivity index (χ1n) is 4.94. The summed E-state index contributed by atoms with van der Waals surface area (Å²) in [6.07, 6.45) is 10.1. The highest BCUT2D eigenvalue weighted by molar-refractivity contribution is 5.39. The summed E-state index contributed by atoms with van der Waals surface area (Å²) in [5.41, 5.74) is 1.05. The van der Waals surface area contributed by atoms with Gasteiger partial charge in [0.15, 0.2) is 0 Å². The van der Waals surface area contributed by atoms with Crippen LogP contribution in [-0.2, 0) is 0 Å². The molecule has 3 nitrogen and oxygen atoms in total. The maximum atomic E-state index is 4.11. The van der Waals surface area contributed by atoms with Gasteiger partial charge < -0.3 is 0 Å². The van der Waals surface area contributed by atoms with E-state index in [2.05, 4.69) is 16.9 Å². The van der Waals surface area contributed by atoms with E-state index in [1.165, 1.54) is 32.1 Å². The van der Waals surface area contributed by atoms with Gasteiger partial charge in [0, 0.05) is 0 Å². The summed E-state index contributed by atoms with van der Waals surface area (Å²) in [6, 6.07) is 0.559. The van der Waals surface area contributed by atoms with E-state index in [1.807, 2.05) is 10.8 Å². The molecule has 1 aliphatic rings. The van der Waals surface area contributed by atoms with E-state index in [9.17, 15) is 0 Å². The second kappa shape index (κ2) is 3.73. The maximum absolute atomic E-state index is 4.11. The zero-order valence-electron chi connectivity index (χ0n) is 7.82. The van der Waals surface area contributed by atoms with Crippen molar-refractivity contribution in [2.75, 3.05) is 0 Å². The highest BCUT2D eigenvalue weighted by atomic mass is 15.4. The average Bonchev–Trinajstić information content (AvgIpc) is 2.67. The highest BCUT2D eigenvalue weighted by Crippen LogP contribution is 2.28. The highest BCUT2D eigenvalue weighted by Gasteiger charge is 2.17. The lowest BCUT2D eigenvalue weighted by Crippen LogP contribution is -2.15. The Balaban J connectivity index is 2.17. The van der Waals surface area contributed by atoms with Crippen LogP contribution in [0.2, 0.25) is 0 Å². The van der Waals surface area contributed by atoms with Crippen LogP contribution in [0.25, 0.3) is 6.08 Å². The van der Waals surface area contributed by atoms with E-state index in [0.29, 0.717) is 6.04 Å². The fourth-order valence-corrected chi connectivity index (χ4v) is 2.01. The van der Waals surface area contributed by atoms with Crippen LogP contribution in [0.15, 0.2) is 12.8 Å². The first-order valence-corrected chi connectivity index (χ1v) is 4.94. The summed E-state index contributed by atoms with van der Waals surface area (Å²) in [4.78, 5) is 0. The first-order chi connectivity index (χ1) is 6.42. The largest absolute Gasteiger partial charge is 0.242 e. The van der Waals surface area contributed by atoms with Gasteiger partial charge in [-0.1, -0.05) is 31.1 Å². The number of hydrogen-bond donors (Lipinski definition) is 0. The van der Waals surface area contributed by atoms with Crippen molar-refractivity contribution in [1.82, 2.24) is 15.0 Å². The third kappa shape index (κ3) is 1.64. The number of nitrogens with zero attached hydrogens (tertiary/aromatic N) is 3. The molecule has 0 atom stereocenters. The summed E-state index contributed by atoms with van der Waals surface area (Å²) in [5.74, 6) is 0. The quantitative estimate of drug-likeness (QED) is 0.694. The molecule has 13 heavy (non-hydrogen) atoms. The topological polar surface area (TPSA) is 30.7 Å². The molecule has 70 valence electrons. The summed E-state index contributed by atoms with van der Waals surface area (Å²) in [5, 5.41) is 8.02. The molecule has 0 spiro atoms. The Bertz CT molecular complexity index is 284. The van der Waals surface area contributed by atoms with Gasteiger partial charge in [0.1, 0.15) is 0 Å². The van der Waals surface area contributed by atoms with Gasteiger partial charge in [0.05, 0.1) is 17.9 Å². The summed E-state index contributed by atoms with van der Waals surface area (Å²) >= 11 is 0. The number of hydrogen-bond acceptors (Lipinski definition) is 2. The second-order valence-corrected chi connectivity index (χ2v) is 3.60. The molecule has 0 radical (unpaired) electrons. The summed E-state index contributed by atoms with van der Waals surface area (Å²) in [6.45, 7) is 3.76. The van der Waals surface area contributed by atoms with Crippen LogP contribution in [0, 0.1) is 0 Å². The van der Waals surface area contributed by atoms with Gasteiger partial charge in [-0.25, -0.2) is 4.68 Å². The van der Waals surface area contributed by atoms with Crippen molar-refractivity contribution >= 4 is 6.08 Å². The molecule has 2 rings (SSSR count). The molecule has 0 N–H and O–H groups in total. The third-order valence-electron chi connectivity index (χ3n) is 2.73. The zero-order chi connectivity index (χ0) is 9.10. The van der Waals surface area contributed by atoms with E-state index in [-0.39, 0.29) is 0 Å². The Morgan fingerprint density at radius 2 is 2.15 bits per heavy atom. The molecule has 1 aromatic rings. The predicted molar refractivity (Wildman–Crippen MR) is 52.2 cm³/mol. The Morgan fingerprint density at radius 1 is 1.38 bits per heavy atom. The SMILES string of the molecule is C=Cc1cnnn1C1CCCCC1. The summed E-state index contributed by atoms with van der Waals surface area (Å²) in [7, 11) is 0. The first kappa shape index (κ1) is 8.48. The van der Waals surface area contributed by atoms with Crippen LogP contribution in [0.3, 0.4) is 0 Å². The second-order valence-electron chi connectivity index (χ2n) is 3.60. The van der Waals surface area contributed by atoms with Crippen molar-refractivity contribution in [1.29, 1.82) is 0 Å². The van der Waals surface area contributed by atoms with Crippen molar-refractivity contribution < 1.29 is 0 Å². The Kier molecular flexibility index (Phi) is 2.43. The average molecular weight is 177 g/mol. The fourth-order valence-electron chi connectivity index (χ4n) is 2.01. The Morgan fingerprint density at radius 3 is 2.85 bits per heavy atom. The van der Waals surface area contributed by atoms with Crippen molar-refractivity contribution in [3.05, 3.63) is 18.5 Å². The molecule has 0 aliphatic heterocycles. The Labute approximate surface area is 78.5 Å². The van der Waals surface area contributed by atoms with Crippen LogP contribution in [0.1, 0.15) is 43.8 Å². The molecular weight excluding hydrogens is 162 g/mol. The van der Waals surface area contributed by atoms with Gasteiger partial charge in [0.2, 0.25) is 0 Å². The van der Waals surface area contributed by atoms with Gasteiger partial charge >= 0.3 is 0 Å². The smallest absolute Gasteiger partial charge is 0.0810 e. The van der Waals surface area contributed by atoms with E-state index in [4.69, 9.17) is 0 Å². The molecule has 1 fully saturated rings. The van der Waals surface area contributed by atoms with Gasteiger partial charge in [-0.05, 0) is 18.9 Å². The molecule has 1 heterocycles. The molecule has 0 bridgehead atoms. The normalized spacial score (nSPS) is 18.8. The zero-order valence-corrected chi connectivity index (χ0v) is 7.82. The van der Waals surface area contributed by atoms with Crippen LogP contribution >= 0.6 is 0 Å². The van der Waals surface area contributed by atoms with E-state index in [1.54, 1.807) is 6.20 Å². The van der Waals surface area contributed by atoms with Crippen LogP contribution in [-0.4, -0.2) is 15.0 Å². The third-order valence-corrected chi connectivity index (χ3v) is 2.73. The van der Waals surface area contributed by atoms with Crippen LogP contribution < -0.4 is 0 Å². The van der Waals surface area contributed by atoms with Crippen molar-refractivity contribution in [2.24, 2.45) is 0 Å². The van der Waals surface area contributed by atoms with E-state index < -0.39 is 0 Å². The van der Waals surface area contributed by atoms with Crippen molar-refractivity contribution in [2.45, 2.75) is 38.1 Å².